The predicted octanol–water partition coefficient (Wildman–Crippen LogP) is 4.37. The molecule has 3 rings (SSSR count). The molecule has 0 saturated heterocycles. The average Bonchev–Trinajstić information content (AvgIpc) is 3.09. The van der Waals surface area contributed by atoms with E-state index in [0.29, 0.717) is 6.61 Å². The largest absolute Gasteiger partial charge is 0.496 e. The number of hydrogen-bond acceptors (Lipinski definition) is 4. The quantitative estimate of drug-likeness (QED) is 0.616. The topological polar surface area (TPSA) is 47.9 Å². The Kier molecular flexibility index (Phi) is 7.57. The van der Waals surface area contributed by atoms with E-state index in [9.17, 15) is 5.11 Å². The van der Waals surface area contributed by atoms with Crippen molar-refractivity contribution in [3.05, 3.63) is 29.3 Å². The molecule has 27 heavy (non-hydrogen) atoms. The smallest absolute Gasteiger partial charge is 0.157 e. The van der Waals surface area contributed by atoms with Crippen LogP contribution in [0.1, 0.15) is 56.6 Å². The zero-order valence-electron chi connectivity index (χ0n) is 17.2. The van der Waals surface area contributed by atoms with Crippen LogP contribution in [0.2, 0.25) is 0 Å². The first-order chi connectivity index (χ1) is 13.2. The van der Waals surface area contributed by atoms with Gasteiger partial charge in [0.2, 0.25) is 0 Å². The van der Waals surface area contributed by atoms with Crippen molar-refractivity contribution in [2.45, 2.75) is 70.7 Å². The maximum Gasteiger partial charge on any atom is 0.157 e. The third-order valence-corrected chi connectivity index (χ3v) is 6.71. The molecule has 2 aliphatic rings. The second-order valence-electron chi connectivity index (χ2n) is 8.20. The van der Waals surface area contributed by atoms with Crippen molar-refractivity contribution in [3.8, 4) is 5.75 Å². The van der Waals surface area contributed by atoms with Crippen LogP contribution in [-0.2, 0) is 22.3 Å². The Balaban J connectivity index is 1.50. The summed E-state index contributed by atoms with van der Waals surface area (Å²) in [5.41, 5.74) is 2.91. The van der Waals surface area contributed by atoms with Gasteiger partial charge >= 0.3 is 0 Å². The zero-order chi connectivity index (χ0) is 19.2. The lowest BCUT2D eigenvalue weighted by atomic mass is 9.73. The van der Waals surface area contributed by atoms with Crippen LogP contribution in [0.15, 0.2) is 18.2 Å². The van der Waals surface area contributed by atoms with Gasteiger partial charge in [-0.15, -0.1) is 0 Å². The Hall–Kier alpha value is -1.10. The molecule has 152 valence electrons. The van der Waals surface area contributed by atoms with Gasteiger partial charge in [-0.2, -0.15) is 0 Å². The number of hydrogen-bond donors (Lipinski definition) is 1. The second kappa shape index (κ2) is 9.90. The highest BCUT2D eigenvalue weighted by atomic mass is 16.7. The first-order valence-electron chi connectivity index (χ1n) is 10.6. The lowest BCUT2D eigenvalue weighted by Gasteiger charge is -2.32. The summed E-state index contributed by atoms with van der Waals surface area (Å²) in [6.45, 7) is 2.61. The van der Waals surface area contributed by atoms with Gasteiger partial charge < -0.3 is 19.3 Å². The Bertz CT molecular complexity index is 588. The molecule has 0 aromatic heterocycles. The van der Waals surface area contributed by atoms with Crippen molar-refractivity contribution in [3.63, 3.8) is 0 Å². The second-order valence-corrected chi connectivity index (χ2v) is 8.20. The first kappa shape index (κ1) is 20.6. The molecule has 1 fully saturated rings. The van der Waals surface area contributed by atoms with Crippen LogP contribution < -0.4 is 4.74 Å². The molecule has 0 radical (unpaired) electrons. The fraction of sp³-hybridized carbons (Fsp3) is 0.739. The van der Waals surface area contributed by atoms with E-state index in [4.69, 9.17) is 14.2 Å². The van der Waals surface area contributed by atoms with Crippen molar-refractivity contribution >= 4 is 0 Å². The fourth-order valence-corrected chi connectivity index (χ4v) is 5.26. The van der Waals surface area contributed by atoms with E-state index in [2.05, 4.69) is 18.2 Å². The van der Waals surface area contributed by atoms with E-state index in [0.717, 1.165) is 55.6 Å². The SMILES string of the molecule is CCOC(CCC(O)CCC1CCC2Cc3c(cccc3OC)CC12)OC. The van der Waals surface area contributed by atoms with Crippen LogP contribution in [0.4, 0.5) is 0 Å². The van der Waals surface area contributed by atoms with Crippen LogP contribution in [0.5, 0.6) is 5.75 Å². The highest BCUT2D eigenvalue weighted by Crippen LogP contribution is 2.48. The minimum absolute atomic E-state index is 0.190. The number of ether oxygens (including phenoxy) is 3. The molecule has 0 spiro atoms. The first-order valence-corrected chi connectivity index (χ1v) is 10.6. The number of benzene rings is 1. The number of methoxy groups -OCH3 is 2. The van der Waals surface area contributed by atoms with E-state index in [1.807, 2.05) is 6.92 Å². The summed E-state index contributed by atoms with van der Waals surface area (Å²) >= 11 is 0. The van der Waals surface area contributed by atoms with E-state index < -0.39 is 0 Å². The molecule has 5 unspecified atom stereocenters. The summed E-state index contributed by atoms with van der Waals surface area (Å²) in [5, 5.41) is 10.4. The van der Waals surface area contributed by atoms with Gasteiger partial charge in [-0.1, -0.05) is 12.1 Å². The van der Waals surface area contributed by atoms with E-state index in [1.54, 1.807) is 14.2 Å². The van der Waals surface area contributed by atoms with Crippen molar-refractivity contribution < 1.29 is 19.3 Å². The van der Waals surface area contributed by atoms with E-state index in [1.165, 1.54) is 30.4 Å². The molecule has 0 heterocycles. The zero-order valence-corrected chi connectivity index (χ0v) is 17.2. The summed E-state index contributed by atoms with van der Waals surface area (Å²) in [7, 11) is 3.45. The van der Waals surface area contributed by atoms with Gasteiger partial charge in [0.1, 0.15) is 5.75 Å². The van der Waals surface area contributed by atoms with Crippen LogP contribution in [0.3, 0.4) is 0 Å². The highest BCUT2D eigenvalue weighted by Gasteiger charge is 2.39. The van der Waals surface area contributed by atoms with Crippen molar-refractivity contribution in [1.82, 2.24) is 0 Å². The average molecular weight is 377 g/mol. The van der Waals surface area contributed by atoms with E-state index >= 15 is 0 Å². The van der Waals surface area contributed by atoms with Crippen LogP contribution >= 0.6 is 0 Å². The molecule has 5 atom stereocenters. The molecule has 1 aromatic carbocycles. The van der Waals surface area contributed by atoms with Crippen LogP contribution in [0.25, 0.3) is 0 Å². The molecule has 4 heteroatoms. The van der Waals surface area contributed by atoms with Gasteiger partial charge in [0.25, 0.3) is 0 Å². The molecule has 1 aromatic rings. The van der Waals surface area contributed by atoms with Gasteiger partial charge in [-0.25, -0.2) is 0 Å². The lowest BCUT2D eigenvalue weighted by molar-refractivity contribution is -0.127. The molecular formula is C23H36O4. The maximum absolute atomic E-state index is 10.4. The van der Waals surface area contributed by atoms with E-state index in [-0.39, 0.29) is 12.4 Å². The maximum atomic E-state index is 10.4. The normalized spacial score (nSPS) is 26.3. The fourth-order valence-electron chi connectivity index (χ4n) is 5.26. The molecular weight excluding hydrogens is 340 g/mol. The summed E-state index contributed by atoms with van der Waals surface area (Å²) < 4.78 is 16.4. The molecule has 4 nitrogen and oxygen atoms in total. The van der Waals surface area contributed by atoms with Crippen LogP contribution in [-0.4, -0.2) is 38.3 Å². The number of aliphatic hydroxyl groups excluding tert-OH is 1. The summed E-state index contributed by atoms with van der Waals surface area (Å²) in [6.07, 6.45) is 8.05. The van der Waals surface area contributed by atoms with Crippen molar-refractivity contribution in [2.24, 2.45) is 17.8 Å². The Morgan fingerprint density at radius 3 is 2.70 bits per heavy atom. The van der Waals surface area contributed by atoms with Gasteiger partial charge in [-0.05, 0) is 86.8 Å². The Morgan fingerprint density at radius 2 is 1.96 bits per heavy atom. The van der Waals surface area contributed by atoms with Gasteiger partial charge in [0.15, 0.2) is 6.29 Å². The lowest BCUT2D eigenvalue weighted by Crippen LogP contribution is -2.26. The molecule has 2 aliphatic carbocycles. The summed E-state index contributed by atoms with van der Waals surface area (Å²) in [5.74, 6) is 3.36. The van der Waals surface area contributed by atoms with Gasteiger partial charge in [0.05, 0.1) is 13.2 Å². The van der Waals surface area contributed by atoms with Gasteiger partial charge in [0, 0.05) is 20.1 Å². The summed E-state index contributed by atoms with van der Waals surface area (Å²) in [4.78, 5) is 0. The molecule has 1 saturated carbocycles. The predicted molar refractivity (Wildman–Crippen MR) is 107 cm³/mol. The highest BCUT2D eigenvalue weighted by molar-refractivity contribution is 5.42. The number of aliphatic hydroxyl groups is 1. The van der Waals surface area contributed by atoms with Crippen molar-refractivity contribution in [1.29, 1.82) is 0 Å². The van der Waals surface area contributed by atoms with Crippen LogP contribution in [0, 0.1) is 17.8 Å². The molecule has 1 N–H and O–H groups in total. The Labute approximate surface area is 164 Å². The standard InChI is InChI=1S/C23H36O4/c1-4-27-23(26-3)13-12-19(24)11-10-16-8-9-18-15-21-17(14-20(16)18)6-5-7-22(21)25-2/h5-7,16,18-20,23-24H,4,8-15H2,1-3H3. The monoisotopic (exact) mass is 376 g/mol. The summed E-state index contributed by atoms with van der Waals surface area (Å²) in [6, 6.07) is 6.49. The van der Waals surface area contributed by atoms with Gasteiger partial charge in [-0.3, -0.25) is 0 Å². The minimum Gasteiger partial charge on any atom is -0.496 e. The minimum atomic E-state index is -0.252. The number of fused-ring (bicyclic) bond motifs is 2. The Morgan fingerprint density at radius 1 is 1.11 bits per heavy atom. The molecule has 0 amide bonds. The molecule has 0 aliphatic heterocycles. The third kappa shape index (κ3) is 5.04. The van der Waals surface area contributed by atoms with Crippen molar-refractivity contribution in [2.75, 3.05) is 20.8 Å². The number of rotatable bonds is 10. The molecule has 0 bridgehead atoms. The third-order valence-electron chi connectivity index (χ3n) is 6.71.